The summed E-state index contributed by atoms with van der Waals surface area (Å²) in [5.41, 5.74) is 1.60. The van der Waals surface area contributed by atoms with E-state index in [1.807, 2.05) is 49.9 Å². The van der Waals surface area contributed by atoms with Crippen LogP contribution in [0.3, 0.4) is 0 Å². The number of hydrogen-bond donors (Lipinski definition) is 1. The minimum Gasteiger partial charge on any atom is -0.444 e. The predicted octanol–water partition coefficient (Wildman–Crippen LogP) is 3.45. The first-order chi connectivity index (χ1) is 11.3. The van der Waals surface area contributed by atoms with Crippen molar-refractivity contribution in [3.8, 4) is 0 Å². The molecule has 1 aliphatic rings. The number of alkyl carbamates (subject to hydrolysis) is 1. The summed E-state index contributed by atoms with van der Waals surface area (Å²) in [6, 6.07) is 7.94. The summed E-state index contributed by atoms with van der Waals surface area (Å²) in [5, 5.41) is 3.60. The molecule has 2 rings (SSSR count). The van der Waals surface area contributed by atoms with Crippen LogP contribution in [0.1, 0.15) is 38.3 Å². The summed E-state index contributed by atoms with van der Waals surface area (Å²) in [6.45, 7) is 7.38. The lowest BCUT2D eigenvalue weighted by Crippen LogP contribution is -2.32. The molecule has 1 fully saturated rings. The maximum absolute atomic E-state index is 12.0. The minimum absolute atomic E-state index is 0.218. The Morgan fingerprint density at radius 3 is 2.46 bits per heavy atom. The van der Waals surface area contributed by atoms with Crippen LogP contribution in [0.5, 0.6) is 0 Å². The Kier molecular flexibility index (Phi) is 6.27. The molecule has 1 aromatic rings. The second-order valence-corrected chi connectivity index (χ2v) is 7.82. The fraction of sp³-hybridized carbons (Fsp3) is 0.556. The average molecular weight is 397 g/mol. The molecule has 0 spiro atoms. The van der Waals surface area contributed by atoms with Gasteiger partial charge in [-0.05, 0) is 37.8 Å². The summed E-state index contributed by atoms with van der Waals surface area (Å²) >= 11 is 3.45. The number of ether oxygens (including phenoxy) is 1. The predicted molar refractivity (Wildman–Crippen MR) is 96.8 cm³/mol. The van der Waals surface area contributed by atoms with E-state index in [0.29, 0.717) is 25.4 Å². The van der Waals surface area contributed by atoms with E-state index in [1.165, 1.54) is 0 Å². The van der Waals surface area contributed by atoms with Crippen molar-refractivity contribution in [3.63, 3.8) is 0 Å². The Hall–Kier alpha value is -1.56. The fourth-order valence-electron chi connectivity index (χ4n) is 2.58. The quantitative estimate of drug-likeness (QED) is 0.775. The van der Waals surface area contributed by atoms with Gasteiger partial charge in [-0.25, -0.2) is 4.79 Å². The molecule has 0 aromatic heterocycles. The van der Waals surface area contributed by atoms with Crippen molar-refractivity contribution in [3.05, 3.63) is 35.4 Å². The van der Waals surface area contributed by atoms with Crippen molar-refractivity contribution in [2.24, 2.45) is 5.92 Å². The van der Waals surface area contributed by atoms with Gasteiger partial charge in [-0.2, -0.15) is 0 Å². The number of alkyl halides is 1. The highest BCUT2D eigenvalue weighted by Gasteiger charge is 2.28. The molecular formula is C18H25BrN2O3. The Bertz CT molecular complexity index is 581. The summed E-state index contributed by atoms with van der Waals surface area (Å²) in [7, 11) is 0. The molecule has 0 aliphatic carbocycles. The van der Waals surface area contributed by atoms with Gasteiger partial charge in [0.25, 0.3) is 0 Å². The van der Waals surface area contributed by atoms with E-state index in [9.17, 15) is 9.59 Å². The molecule has 2 amide bonds. The van der Waals surface area contributed by atoms with Crippen LogP contribution in [-0.2, 0) is 22.6 Å². The van der Waals surface area contributed by atoms with Gasteiger partial charge in [0.1, 0.15) is 5.60 Å². The number of likely N-dealkylation sites (tertiary alicyclic amines) is 1. The van der Waals surface area contributed by atoms with Crippen LogP contribution in [-0.4, -0.2) is 34.4 Å². The highest BCUT2D eigenvalue weighted by Crippen LogP contribution is 2.21. The van der Waals surface area contributed by atoms with Crippen LogP contribution in [0.4, 0.5) is 4.79 Å². The standard InChI is InChI=1S/C18H25BrN2O3/c1-18(2,3)24-17(23)20-10-13-4-6-14(7-5-13)11-21-12-15(9-19)8-16(21)22/h4-7,15H,8-12H2,1-3H3,(H,20,23). The molecule has 24 heavy (non-hydrogen) atoms. The van der Waals surface area contributed by atoms with Crippen LogP contribution in [0.2, 0.25) is 0 Å². The topological polar surface area (TPSA) is 58.6 Å². The first-order valence-electron chi connectivity index (χ1n) is 8.15. The van der Waals surface area contributed by atoms with Crippen molar-refractivity contribution >= 4 is 27.9 Å². The second-order valence-electron chi connectivity index (χ2n) is 7.17. The maximum Gasteiger partial charge on any atom is 0.407 e. The maximum atomic E-state index is 12.0. The Morgan fingerprint density at radius 1 is 1.29 bits per heavy atom. The number of rotatable bonds is 5. The van der Waals surface area contributed by atoms with Crippen LogP contribution >= 0.6 is 15.9 Å². The Labute approximate surface area is 151 Å². The third kappa shape index (κ3) is 5.82. The zero-order chi connectivity index (χ0) is 17.7. The van der Waals surface area contributed by atoms with E-state index in [1.54, 1.807) is 0 Å². The number of nitrogens with zero attached hydrogens (tertiary/aromatic N) is 1. The van der Waals surface area contributed by atoms with Crippen LogP contribution < -0.4 is 5.32 Å². The molecule has 5 nitrogen and oxygen atoms in total. The van der Waals surface area contributed by atoms with Crippen molar-refractivity contribution in [2.45, 2.75) is 45.9 Å². The first-order valence-corrected chi connectivity index (χ1v) is 9.27. The highest BCUT2D eigenvalue weighted by molar-refractivity contribution is 9.09. The van der Waals surface area contributed by atoms with Gasteiger partial charge in [-0.3, -0.25) is 4.79 Å². The van der Waals surface area contributed by atoms with Crippen molar-refractivity contribution in [1.82, 2.24) is 10.2 Å². The Morgan fingerprint density at radius 2 is 1.92 bits per heavy atom. The van der Waals surface area contributed by atoms with Gasteiger partial charge in [0, 0.05) is 31.4 Å². The normalized spacial score (nSPS) is 17.9. The molecule has 1 N–H and O–H groups in total. The van der Waals surface area contributed by atoms with Gasteiger partial charge < -0.3 is 15.0 Å². The molecule has 1 saturated heterocycles. The number of benzene rings is 1. The smallest absolute Gasteiger partial charge is 0.407 e. The van der Waals surface area contributed by atoms with E-state index in [2.05, 4.69) is 21.2 Å². The molecular weight excluding hydrogens is 372 g/mol. The third-order valence-electron chi connectivity index (χ3n) is 3.74. The van der Waals surface area contributed by atoms with Crippen LogP contribution in [0.25, 0.3) is 0 Å². The van der Waals surface area contributed by atoms with Crippen LogP contribution in [0, 0.1) is 5.92 Å². The zero-order valence-corrected chi connectivity index (χ0v) is 16.1. The van der Waals surface area contributed by atoms with Crippen LogP contribution in [0.15, 0.2) is 24.3 Å². The highest BCUT2D eigenvalue weighted by atomic mass is 79.9. The number of carbonyl (C=O) groups excluding carboxylic acids is 2. The number of halogens is 1. The molecule has 0 bridgehead atoms. The van der Waals surface area contributed by atoms with Gasteiger partial charge in [0.2, 0.25) is 5.91 Å². The van der Waals surface area contributed by atoms with E-state index in [-0.39, 0.29) is 5.91 Å². The van der Waals surface area contributed by atoms with Crippen molar-refractivity contribution in [2.75, 3.05) is 11.9 Å². The van der Waals surface area contributed by atoms with Gasteiger partial charge in [-0.1, -0.05) is 40.2 Å². The van der Waals surface area contributed by atoms with Crippen molar-refractivity contribution in [1.29, 1.82) is 0 Å². The van der Waals surface area contributed by atoms with Gasteiger partial charge in [0.15, 0.2) is 0 Å². The molecule has 1 heterocycles. The lowest BCUT2D eigenvalue weighted by Gasteiger charge is -2.19. The van der Waals surface area contributed by atoms with Gasteiger partial charge in [-0.15, -0.1) is 0 Å². The van der Waals surface area contributed by atoms with Gasteiger partial charge >= 0.3 is 6.09 Å². The Balaban J connectivity index is 1.83. The van der Waals surface area contributed by atoms with E-state index < -0.39 is 11.7 Å². The molecule has 6 heteroatoms. The van der Waals surface area contributed by atoms with Gasteiger partial charge in [0.05, 0.1) is 0 Å². The zero-order valence-electron chi connectivity index (χ0n) is 14.5. The second kappa shape index (κ2) is 8.01. The number of nitrogens with one attached hydrogen (secondary N) is 1. The molecule has 0 radical (unpaired) electrons. The molecule has 1 aromatic carbocycles. The summed E-state index contributed by atoms with van der Waals surface area (Å²) in [5.74, 6) is 0.630. The molecule has 1 aliphatic heterocycles. The van der Waals surface area contributed by atoms with E-state index >= 15 is 0 Å². The monoisotopic (exact) mass is 396 g/mol. The SMILES string of the molecule is CC(C)(C)OC(=O)NCc1ccc(CN2CC(CBr)CC2=O)cc1. The lowest BCUT2D eigenvalue weighted by atomic mass is 10.1. The third-order valence-corrected chi connectivity index (χ3v) is 4.66. The summed E-state index contributed by atoms with van der Waals surface area (Å²) < 4.78 is 5.21. The number of hydrogen-bond acceptors (Lipinski definition) is 3. The fourth-order valence-corrected chi connectivity index (χ4v) is 3.02. The first kappa shape index (κ1) is 18.8. The molecule has 1 unspecified atom stereocenters. The summed E-state index contributed by atoms with van der Waals surface area (Å²) in [6.07, 6.45) is 0.207. The largest absolute Gasteiger partial charge is 0.444 e. The molecule has 0 saturated carbocycles. The van der Waals surface area contributed by atoms with E-state index in [4.69, 9.17) is 4.74 Å². The lowest BCUT2D eigenvalue weighted by molar-refractivity contribution is -0.128. The van der Waals surface area contributed by atoms with Crippen molar-refractivity contribution < 1.29 is 14.3 Å². The van der Waals surface area contributed by atoms with E-state index in [0.717, 1.165) is 23.0 Å². The molecule has 132 valence electrons. The minimum atomic E-state index is -0.497. The average Bonchev–Trinajstić information content (AvgIpc) is 2.85. The number of carbonyl (C=O) groups is 2. The summed E-state index contributed by atoms with van der Waals surface area (Å²) in [4.78, 5) is 25.5. The molecule has 1 atom stereocenters. The number of amides is 2.